The highest BCUT2D eigenvalue weighted by Crippen LogP contribution is 2.32. The van der Waals surface area contributed by atoms with Gasteiger partial charge in [-0.25, -0.2) is 9.37 Å². The lowest BCUT2D eigenvalue weighted by Gasteiger charge is -2.24. The third-order valence-electron chi connectivity index (χ3n) is 4.87. The third kappa shape index (κ3) is 4.73. The molecule has 0 radical (unpaired) electrons. The summed E-state index contributed by atoms with van der Waals surface area (Å²) in [4.78, 5) is 19.2. The number of aryl methyl sites for hydroxylation is 1. The Morgan fingerprint density at radius 2 is 2.10 bits per heavy atom. The summed E-state index contributed by atoms with van der Waals surface area (Å²) in [5, 5.41) is 13.1. The fraction of sp³-hybridized carbons (Fsp3) is 0.333. The van der Waals surface area contributed by atoms with Gasteiger partial charge in [0.25, 0.3) is 5.91 Å². The van der Waals surface area contributed by atoms with Gasteiger partial charge in [-0.05, 0) is 55.7 Å². The summed E-state index contributed by atoms with van der Waals surface area (Å²) in [6, 6.07) is 11.3. The molecule has 9 heteroatoms. The number of aromatic nitrogens is 3. The molecule has 1 N–H and O–H groups in total. The van der Waals surface area contributed by atoms with Gasteiger partial charge in [-0.1, -0.05) is 24.3 Å². The summed E-state index contributed by atoms with van der Waals surface area (Å²) in [5.74, 6) is 0.687. The van der Waals surface area contributed by atoms with Crippen molar-refractivity contribution in [2.24, 2.45) is 0 Å². The topological polar surface area (TPSA) is 80.2 Å². The van der Waals surface area contributed by atoms with Gasteiger partial charge in [0.15, 0.2) is 6.61 Å². The van der Waals surface area contributed by atoms with Crippen molar-refractivity contribution in [3.8, 4) is 5.75 Å². The molecule has 156 valence electrons. The van der Waals surface area contributed by atoms with E-state index in [0.29, 0.717) is 23.2 Å². The fourth-order valence-electron chi connectivity index (χ4n) is 3.39. The largest absolute Gasteiger partial charge is 0.484 e. The van der Waals surface area contributed by atoms with Gasteiger partial charge in [-0.3, -0.25) is 4.79 Å². The molecule has 0 aliphatic carbocycles. The van der Waals surface area contributed by atoms with Crippen LogP contribution in [-0.2, 0) is 11.2 Å². The minimum absolute atomic E-state index is 0.0926. The average molecular weight is 428 g/mol. The highest BCUT2D eigenvalue weighted by Gasteiger charge is 2.31. The second-order valence-corrected chi connectivity index (χ2v) is 7.98. The van der Waals surface area contributed by atoms with E-state index >= 15 is 0 Å². The Balaban J connectivity index is 1.42. The monoisotopic (exact) mass is 427 g/mol. The molecule has 1 aliphatic rings. The normalized spacial score (nSPS) is 15.9. The molecule has 4 rings (SSSR count). The lowest BCUT2D eigenvalue weighted by molar-refractivity contribution is -0.134. The molecule has 0 spiro atoms. The zero-order valence-electron chi connectivity index (χ0n) is 16.5. The lowest BCUT2D eigenvalue weighted by Crippen LogP contribution is -2.34. The van der Waals surface area contributed by atoms with Gasteiger partial charge in [0.2, 0.25) is 5.13 Å². The molecule has 0 bridgehead atoms. The van der Waals surface area contributed by atoms with Crippen LogP contribution < -0.4 is 10.1 Å². The van der Waals surface area contributed by atoms with E-state index in [1.54, 1.807) is 4.90 Å². The summed E-state index contributed by atoms with van der Waals surface area (Å²) in [6.45, 7) is 2.60. The van der Waals surface area contributed by atoms with Crippen molar-refractivity contribution >= 4 is 28.2 Å². The van der Waals surface area contributed by atoms with E-state index in [2.05, 4.69) is 15.5 Å². The van der Waals surface area contributed by atoms with E-state index in [0.717, 1.165) is 30.0 Å². The Morgan fingerprint density at radius 1 is 1.27 bits per heavy atom. The maximum Gasteiger partial charge on any atom is 0.261 e. The first-order valence-corrected chi connectivity index (χ1v) is 10.7. The molecule has 3 aromatic rings. The molecule has 3 heterocycles. The second-order valence-electron chi connectivity index (χ2n) is 6.91. The molecule has 7 nitrogen and oxygen atoms in total. The Kier molecular flexibility index (Phi) is 6.18. The number of rotatable bonds is 7. The number of hydrogen-bond acceptors (Lipinski definition) is 7. The number of likely N-dealkylation sites (tertiary alicyclic amines) is 1. The van der Waals surface area contributed by atoms with Crippen LogP contribution >= 0.6 is 11.3 Å². The Hall–Kier alpha value is -3.07. The lowest BCUT2D eigenvalue weighted by atomic mass is 10.1. The minimum Gasteiger partial charge on any atom is -0.484 e. The standard InChI is InChI=1S/C21H22FN5O2S/c1-2-19-25-26-21(30-19)24-18-7-3-5-16(23-18)17-6-4-12-27(17)20(28)13-29-15-10-8-14(22)9-11-15/h3,5,7-11,17H,2,4,6,12-13H2,1H3,(H,23,24,26). The molecule has 1 aliphatic heterocycles. The number of benzene rings is 1. The van der Waals surface area contributed by atoms with Crippen LogP contribution in [0.15, 0.2) is 42.5 Å². The van der Waals surface area contributed by atoms with Crippen molar-refractivity contribution in [3.63, 3.8) is 0 Å². The predicted octanol–water partition coefficient (Wildman–Crippen LogP) is 4.12. The first-order valence-electron chi connectivity index (χ1n) is 9.86. The predicted molar refractivity (Wildman–Crippen MR) is 112 cm³/mol. The quantitative estimate of drug-likeness (QED) is 0.611. The summed E-state index contributed by atoms with van der Waals surface area (Å²) in [5.41, 5.74) is 0.827. The van der Waals surface area contributed by atoms with E-state index in [4.69, 9.17) is 9.72 Å². The van der Waals surface area contributed by atoms with E-state index < -0.39 is 0 Å². The Labute approximate surface area is 177 Å². The average Bonchev–Trinajstić information content (AvgIpc) is 3.43. The molecule has 1 amide bonds. The minimum atomic E-state index is -0.340. The van der Waals surface area contributed by atoms with Gasteiger partial charge in [-0.15, -0.1) is 10.2 Å². The smallest absolute Gasteiger partial charge is 0.261 e. The highest BCUT2D eigenvalue weighted by atomic mass is 32.1. The van der Waals surface area contributed by atoms with Crippen molar-refractivity contribution in [3.05, 3.63) is 59.0 Å². The van der Waals surface area contributed by atoms with Crippen LogP contribution in [-0.4, -0.2) is 39.1 Å². The SMILES string of the molecule is CCc1nnc(Nc2cccc(C3CCCN3C(=O)COc3ccc(F)cc3)n2)s1. The number of hydrogen-bond donors (Lipinski definition) is 1. The number of amides is 1. The molecule has 30 heavy (non-hydrogen) atoms. The molecule has 1 fully saturated rings. The summed E-state index contributed by atoms with van der Waals surface area (Å²) in [7, 11) is 0. The summed E-state index contributed by atoms with van der Waals surface area (Å²) < 4.78 is 18.5. The number of ether oxygens (including phenoxy) is 1. The first-order chi connectivity index (χ1) is 14.6. The Bertz CT molecular complexity index is 1010. The maximum absolute atomic E-state index is 13.0. The summed E-state index contributed by atoms with van der Waals surface area (Å²) >= 11 is 1.50. The molecule has 1 saturated heterocycles. The van der Waals surface area contributed by atoms with Gasteiger partial charge in [0, 0.05) is 6.54 Å². The molecule has 2 aromatic heterocycles. The van der Waals surface area contributed by atoms with Gasteiger partial charge < -0.3 is 15.0 Å². The van der Waals surface area contributed by atoms with Gasteiger partial charge in [0.05, 0.1) is 11.7 Å². The maximum atomic E-state index is 13.0. The van der Waals surface area contributed by atoms with E-state index in [1.165, 1.54) is 35.6 Å². The molecule has 1 aromatic carbocycles. The van der Waals surface area contributed by atoms with Crippen LogP contribution in [0, 0.1) is 5.82 Å². The Morgan fingerprint density at radius 3 is 2.87 bits per heavy atom. The van der Waals surface area contributed by atoms with Crippen LogP contribution in [0.3, 0.4) is 0 Å². The number of halogens is 1. The van der Waals surface area contributed by atoms with Crippen LogP contribution in [0.5, 0.6) is 5.75 Å². The third-order valence-corrected chi connectivity index (χ3v) is 5.85. The zero-order valence-corrected chi connectivity index (χ0v) is 17.4. The van der Waals surface area contributed by atoms with Crippen LogP contribution in [0.1, 0.15) is 36.5 Å². The number of nitrogens with zero attached hydrogens (tertiary/aromatic N) is 4. The van der Waals surface area contributed by atoms with E-state index in [-0.39, 0.29) is 24.4 Å². The first kappa shape index (κ1) is 20.2. The van der Waals surface area contributed by atoms with Crippen molar-refractivity contribution in [2.75, 3.05) is 18.5 Å². The molecule has 1 atom stereocenters. The molecular weight excluding hydrogens is 405 g/mol. The molecular formula is C21H22FN5O2S. The second kappa shape index (κ2) is 9.17. The number of carbonyl (C=O) groups excluding carboxylic acids is 1. The van der Waals surface area contributed by atoms with E-state index in [9.17, 15) is 9.18 Å². The number of nitrogens with one attached hydrogen (secondary N) is 1. The van der Waals surface area contributed by atoms with Crippen molar-refractivity contribution in [1.82, 2.24) is 20.1 Å². The van der Waals surface area contributed by atoms with Crippen molar-refractivity contribution < 1.29 is 13.9 Å². The van der Waals surface area contributed by atoms with Gasteiger partial charge in [-0.2, -0.15) is 0 Å². The molecule has 1 unspecified atom stereocenters. The fourth-order valence-corrected chi connectivity index (χ4v) is 4.08. The van der Waals surface area contributed by atoms with Gasteiger partial charge >= 0.3 is 0 Å². The molecule has 0 saturated carbocycles. The van der Waals surface area contributed by atoms with E-state index in [1.807, 2.05) is 25.1 Å². The van der Waals surface area contributed by atoms with Crippen LogP contribution in [0.4, 0.5) is 15.3 Å². The van der Waals surface area contributed by atoms with Crippen LogP contribution in [0.25, 0.3) is 0 Å². The van der Waals surface area contributed by atoms with Crippen molar-refractivity contribution in [1.29, 1.82) is 0 Å². The summed E-state index contributed by atoms with van der Waals surface area (Å²) in [6.07, 6.45) is 2.59. The zero-order chi connectivity index (χ0) is 20.9. The number of carbonyl (C=O) groups is 1. The van der Waals surface area contributed by atoms with Crippen molar-refractivity contribution in [2.45, 2.75) is 32.2 Å². The number of pyridine rings is 1. The highest BCUT2D eigenvalue weighted by molar-refractivity contribution is 7.15. The van der Waals surface area contributed by atoms with Gasteiger partial charge in [0.1, 0.15) is 22.4 Å². The number of anilines is 2. The van der Waals surface area contributed by atoms with Crippen LogP contribution in [0.2, 0.25) is 0 Å².